The van der Waals surface area contributed by atoms with E-state index in [0.717, 1.165) is 4.47 Å². The Balaban J connectivity index is 2.51. The van der Waals surface area contributed by atoms with Crippen LogP contribution in [0.15, 0.2) is 39.3 Å². The predicted octanol–water partition coefficient (Wildman–Crippen LogP) is 5.76. The van der Waals surface area contributed by atoms with E-state index < -0.39 is 0 Å². The maximum Gasteiger partial charge on any atom is 0.195 e. The molecule has 104 valence electrons. The first-order chi connectivity index (χ1) is 9.43. The third kappa shape index (κ3) is 3.19. The molecule has 2 rings (SSSR count). The first kappa shape index (κ1) is 15.8. The zero-order chi connectivity index (χ0) is 14.9. The Bertz CT molecular complexity index is 687. The van der Waals surface area contributed by atoms with Crippen LogP contribution in [-0.2, 0) is 0 Å². The van der Waals surface area contributed by atoms with Crippen molar-refractivity contribution in [1.82, 2.24) is 0 Å². The van der Waals surface area contributed by atoms with E-state index >= 15 is 0 Å². The van der Waals surface area contributed by atoms with Gasteiger partial charge in [0.15, 0.2) is 5.78 Å². The normalized spacial score (nSPS) is 10.4. The summed E-state index contributed by atoms with van der Waals surface area (Å²) in [4.78, 5) is 12.5. The lowest BCUT2D eigenvalue weighted by molar-refractivity contribution is 0.103. The van der Waals surface area contributed by atoms with Gasteiger partial charge in [0.1, 0.15) is 5.75 Å². The molecule has 20 heavy (non-hydrogen) atoms. The molecule has 0 bridgehead atoms. The fourth-order valence-corrected chi connectivity index (χ4v) is 3.39. The van der Waals surface area contributed by atoms with Gasteiger partial charge in [-0.2, -0.15) is 0 Å². The standard InChI is InChI=1S/C14H8Br2Cl2O2/c1-20-13-6-11(17)9(5-12(13)18)14(19)8-3-2-7(15)4-10(8)16/h2-6H,1H3. The number of hydrogen-bond acceptors (Lipinski definition) is 2. The van der Waals surface area contributed by atoms with Gasteiger partial charge in [-0.15, -0.1) is 0 Å². The van der Waals surface area contributed by atoms with Crippen LogP contribution >= 0.6 is 55.1 Å². The minimum absolute atomic E-state index is 0.209. The molecule has 6 heteroatoms. The highest BCUT2D eigenvalue weighted by Gasteiger charge is 2.18. The minimum atomic E-state index is -0.209. The summed E-state index contributed by atoms with van der Waals surface area (Å²) in [5, 5.41) is 0.638. The van der Waals surface area contributed by atoms with Crippen LogP contribution in [-0.4, -0.2) is 12.9 Å². The Morgan fingerprint density at radius 1 is 1.05 bits per heavy atom. The Morgan fingerprint density at radius 3 is 2.35 bits per heavy atom. The van der Waals surface area contributed by atoms with Crippen molar-refractivity contribution >= 4 is 60.8 Å². The number of ether oxygens (including phenoxy) is 1. The van der Waals surface area contributed by atoms with Crippen LogP contribution in [0.3, 0.4) is 0 Å². The molecule has 0 saturated carbocycles. The van der Waals surface area contributed by atoms with E-state index in [9.17, 15) is 4.79 Å². The maximum absolute atomic E-state index is 12.5. The molecule has 0 aliphatic carbocycles. The molecule has 0 saturated heterocycles. The number of hydrogen-bond donors (Lipinski definition) is 0. The molecule has 0 unspecified atom stereocenters. The van der Waals surface area contributed by atoms with Crippen molar-refractivity contribution in [2.24, 2.45) is 0 Å². The average molecular weight is 439 g/mol. The summed E-state index contributed by atoms with van der Waals surface area (Å²) in [7, 11) is 1.49. The number of carbonyl (C=O) groups excluding carboxylic acids is 1. The van der Waals surface area contributed by atoms with Crippen LogP contribution in [0.4, 0.5) is 0 Å². The third-order valence-electron chi connectivity index (χ3n) is 2.66. The number of benzene rings is 2. The van der Waals surface area contributed by atoms with E-state index in [1.54, 1.807) is 18.2 Å². The van der Waals surface area contributed by atoms with Crippen molar-refractivity contribution in [3.05, 3.63) is 60.4 Å². The maximum atomic E-state index is 12.5. The van der Waals surface area contributed by atoms with Crippen molar-refractivity contribution in [2.75, 3.05) is 7.11 Å². The number of halogens is 4. The molecule has 0 amide bonds. The van der Waals surface area contributed by atoms with Crippen molar-refractivity contribution in [2.45, 2.75) is 0 Å². The predicted molar refractivity (Wildman–Crippen MR) is 88.3 cm³/mol. The molecular formula is C14H8Br2Cl2O2. The van der Waals surface area contributed by atoms with E-state index in [1.807, 2.05) is 0 Å². The van der Waals surface area contributed by atoms with E-state index in [-0.39, 0.29) is 5.78 Å². The molecule has 2 nitrogen and oxygen atoms in total. The molecule has 0 aliphatic rings. The molecule has 0 aromatic heterocycles. The van der Waals surface area contributed by atoms with Crippen LogP contribution in [0.25, 0.3) is 0 Å². The summed E-state index contributed by atoms with van der Waals surface area (Å²) >= 11 is 18.9. The fraction of sp³-hybridized carbons (Fsp3) is 0.0714. The Labute approximate surface area is 143 Å². The minimum Gasteiger partial charge on any atom is -0.495 e. The molecule has 0 spiro atoms. The SMILES string of the molecule is COc1cc(Cl)c(C(=O)c2ccc(Br)cc2Br)cc1Cl. The second-order valence-corrected chi connectivity index (χ2v) is 6.50. The first-order valence-electron chi connectivity index (χ1n) is 5.47. The molecule has 2 aromatic rings. The lowest BCUT2D eigenvalue weighted by Gasteiger charge is -2.09. The zero-order valence-corrected chi connectivity index (χ0v) is 14.9. The largest absolute Gasteiger partial charge is 0.495 e. The third-order valence-corrected chi connectivity index (χ3v) is 4.42. The molecule has 0 N–H and O–H groups in total. The highest BCUT2D eigenvalue weighted by Crippen LogP contribution is 2.33. The van der Waals surface area contributed by atoms with Crippen molar-refractivity contribution in [3.63, 3.8) is 0 Å². The Kier molecular flexibility index (Phi) is 5.13. The number of rotatable bonds is 3. The van der Waals surface area contributed by atoms with Gasteiger partial charge in [0, 0.05) is 26.1 Å². The zero-order valence-electron chi connectivity index (χ0n) is 10.2. The van der Waals surface area contributed by atoms with E-state index in [2.05, 4.69) is 31.9 Å². The summed E-state index contributed by atoms with van der Waals surface area (Å²) in [5.41, 5.74) is 0.844. The van der Waals surface area contributed by atoms with Crippen LogP contribution in [0.1, 0.15) is 15.9 Å². The van der Waals surface area contributed by atoms with Gasteiger partial charge in [0.2, 0.25) is 0 Å². The second-order valence-electron chi connectivity index (χ2n) is 3.92. The Morgan fingerprint density at radius 2 is 1.75 bits per heavy atom. The van der Waals surface area contributed by atoms with Crippen molar-refractivity contribution in [3.8, 4) is 5.75 Å². The highest BCUT2D eigenvalue weighted by atomic mass is 79.9. The fourth-order valence-electron chi connectivity index (χ4n) is 1.68. The van der Waals surface area contributed by atoms with Gasteiger partial charge in [0.05, 0.1) is 17.2 Å². The van der Waals surface area contributed by atoms with Crippen molar-refractivity contribution < 1.29 is 9.53 Å². The summed E-state index contributed by atoms with van der Waals surface area (Å²) in [5.74, 6) is 0.224. The second kappa shape index (κ2) is 6.48. The van der Waals surface area contributed by atoms with Gasteiger partial charge in [-0.05, 0) is 40.2 Å². The quantitative estimate of drug-likeness (QED) is 0.569. The lowest BCUT2D eigenvalue weighted by atomic mass is 10.0. The summed E-state index contributed by atoms with van der Waals surface area (Å²) in [6, 6.07) is 8.34. The Hall–Kier alpha value is -0.550. The first-order valence-corrected chi connectivity index (χ1v) is 7.81. The molecule has 0 aliphatic heterocycles. The molecule has 0 fully saturated rings. The van der Waals surface area contributed by atoms with E-state index in [1.165, 1.54) is 19.2 Å². The summed E-state index contributed by atoms with van der Waals surface area (Å²) in [6.45, 7) is 0. The van der Waals surface area contributed by atoms with Gasteiger partial charge in [-0.1, -0.05) is 39.1 Å². The average Bonchev–Trinajstić information content (AvgIpc) is 2.40. The van der Waals surface area contributed by atoms with Crippen LogP contribution in [0, 0.1) is 0 Å². The van der Waals surface area contributed by atoms with Crippen LogP contribution in [0.2, 0.25) is 10.0 Å². The van der Waals surface area contributed by atoms with Crippen LogP contribution < -0.4 is 4.74 Å². The molecule has 0 heterocycles. The monoisotopic (exact) mass is 436 g/mol. The number of ketones is 1. The summed E-state index contributed by atoms with van der Waals surface area (Å²) in [6.07, 6.45) is 0. The number of carbonyl (C=O) groups is 1. The molecule has 0 radical (unpaired) electrons. The van der Waals surface area contributed by atoms with E-state index in [4.69, 9.17) is 27.9 Å². The highest BCUT2D eigenvalue weighted by molar-refractivity contribution is 9.11. The van der Waals surface area contributed by atoms with Crippen molar-refractivity contribution in [1.29, 1.82) is 0 Å². The molecular weight excluding hydrogens is 431 g/mol. The van der Waals surface area contributed by atoms with Gasteiger partial charge in [-0.3, -0.25) is 4.79 Å². The van der Waals surface area contributed by atoms with Gasteiger partial charge >= 0.3 is 0 Å². The molecule has 0 atom stereocenters. The van der Waals surface area contributed by atoms with Gasteiger partial charge in [0.25, 0.3) is 0 Å². The van der Waals surface area contributed by atoms with Crippen LogP contribution in [0.5, 0.6) is 5.75 Å². The van der Waals surface area contributed by atoms with E-state index in [0.29, 0.717) is 31.4 Å². The van der Waals surface area contributed by atoms with Gasteiger partial charge in [-0.25, -0.2) is 0 Å². The van der Waals surface area contributed by atoms with Gasteiger partial charge < -0.3 is 4.74 Å². The molecule has 2 aromatic carbocycles. The lowest BCUT2D eigenvalue weighted by Crippen LogP contribution is -2.04. The topological polar surface area (TPSA) is 26.3 Å². The summed E-state index contributed by atoms with van der Waals surface area (Å²) < 4.78 is 6.62. The number of methoxy groups -OCH3 is 1. The smallest absolute Gasteiger partial charge is 0.195 e.